The molecule has 0 radical (unpaired) electrons. The summed E-state index contributed by atoms with van der Waals surface area (Å²) in [7, 11) is 0. The summed E-state index contributed by atoms with van der Waals surface area (Å²) in [5.41, 5.74) is 0.215. The van der Waals surface area contributed by atoms with Crippen molar-refractivity contribution < 1.29 is 9.47 Å². The molecule has 0 aromatic carbocycles. The molecular weight excluding hydrogens is 226 g/mol. The van der Waals surface area contributed by atoms with Gasteiger partial charge in [0.2, 0.25) is 0 Å². The summed E-state index contributed by atoms with van der Waals surface area (Å²) in [6, 6.07) is 0.632. The van der Waals surface area contributed by atoms with Crippen molar-refractivity contribution in [3.63, 3.8) is 0 Å². The minimum atomic E-state index is 0.215. The maximum atomic E-state index is 6.11. The molecule has 1 atom stereocenters. The lowest BCUT2D eigenvalue weighted by Gasteiger charge is -2.43. The highest BCUT2D eigenvalue weighted by atomic mass is 16.5. The minimum absolute atomic E-state index is 0.215. The average Bonchev–Trinajstić information content (AvgIpc) is 2.36. The zero-order valence-electron chi connectivity index (χ0n) is 12.0. The molecular formula is C15H29NO2. The lowest BCUT2D eigenvalue weighted by molar-refractivity contribution is -0.109. The van der Waals surface area contributed by atoms with Crippen LogP contribution in [0, 0.1) is 0 Å². The Morgan fingerprint density at radius 3 is 2.78 bits per heavy atom. The Morgan fingerprint density at radius 1 is 1.28 bits per heavy atom. The van der Waals surface area contributed by atoms with E-state index in [1.54, 1.807) is 0 Å². The maximum absolute atomic E-state index is 6.11. The molecule has 2 rings (SSSR count). The molecule has 2 fully saturated rings. The third-order valence-electron chi connectivity index (χ3n) is 4.24. The van der Waals surface area contributed by atoms with Crippen molar-refractivity contribution in [1.82, 2.24) is 5.32 Å². The lowest BCUT2D eigenvalue weighted by atomic mass is 9.78. The van der Waals surface area contributed by atoms with E-state index >= 15 is 0 Å². The molecule has 106 valence electrons. The first-order chi connectivity index (χ1) is 8.70. The van der Waals surface area contributed by atoms with E-state index in [1.807, 2.05) is 0 Å². The zero-order valence-corrected chi connectivity index (χ0v) is 12.0. The van der Waals surface area contributed by atoms with Gasteiger partial charge in [-0.2, -0.15) is 0 Å². The smallest absolute Gasteiger partial charge is 0.0697 e. The molecule has 1 unspecified atom stereocenters. The topological polar surface area (TPSA) is 30.5 Å². The van der Waals surface area contributed by atoms with Crippen LogP contribution in [0.25, 0.3) is 0 Å². The van der Waals surface area contributed by atoms with Gasteiger partial charge in [-0.15, -0.1) is 0 Å². The van der Waals surface area contributed by atoms with E-state index in [9.17, 15) is 0 Å². The van der Waals surface area contributed by atoms with Crippen molar-refractivity contribution in [3.05, 3.63) is 0 Å². The summed E-state index contributed by atoms with van der Waals surface area (Å²) >= 11 is 0. The van der Waals surface area contributed by atoms with Crippen LogP contribution >= 0.6 is 0 Å². The van der Waals surface area contributed by atoms with Crippen molar-refractivity contribution in [2.24, 2.45) is 0 Å². The fourth-order valence-electron chi connectivity index (χ4n) is 3.30. The normalized spacial score (nSPS) is 27.8. The second kappa shape index (κ2) is 6.88. The van der Waals surface area contributed by atoms with E-state index in [1.165, 1.54) is 38.5 Å². The lowest BCUT2D eigenvalue weighted by Crippen LogP contribution is -2.48. The Balaban J connectivity index is 1.69. The molecule has 1 saturated carbocycles. The Hall–Kier alpha value is -0.120. The van der Waals surface area contributed by atoms with Crippen LogP contribution in [0.3, 0.4) is 0 Å². The molecule has 0 aromatic rings. The highest BCUT2D eigenvalue weighted by Crippen LogP contribution is 2.38. The van der Waals surface area contributed by atoms with Gasteiger partial charge in [0, 0.05) is 19.2 Å². The largest absolute Gasteiger partial charge is 0.377 e. The van der Waals surface area contributed by atoms with E-state index in [-0.39, 0.29) is 5.60 Å². The van der Waals surface area contributed by atoms with Gasteiger partial charge in [-0.25, -0.2) is 0 Å². The van der Waals surface area contributed by atoms with E-state index < -0.39 is 0 Å². The van der Waals surface area contributed by atoms with Gasteiger partial charge < -0.3 is 14.8 Å². The quantitative estimate of drug-likeness (QED) is 0.766. The van der Waals surface area contributed by atoms with E-state index in [0.717, 1.165) is 26.2 Å². The standard InChI is InChI=1S/C15H29NO2/c1-13(2)17-11-9-16-14-6-10-18-15(12-14)7-4-3-5-8-15/h13-14,16H,3-12H2,1-2H3. The van der Waals surface area contributed by atoms with Crippen molar-refractivity contribution in [2.75, 3.05) is 19.8 Å². The predicted octanol–water partition coefficient (Wildman–Crippen LogP) is 2.88. The highest BCUT2D eigenvalue weighted by Gasteiger charge is 2.38. The third kappa shape index (κ3) is 4.22. The maximum Gasteiger partial charge on any atom is 0.0697 e. The van der Waals surface area contributed by atoms with Crippen LogP contribution < -0.4 is 5.32 Å². The summed E-state index contributed by atoms with van der Waals surface area (Å²) in [6.07, 6.45) is 9.34. The fourth-order valence-corrected chi connectivity index (χ4v) is 3.30. The molecule has 3 nitrogen and oxygen atoms in total. The second-order valence-corrected chi connectivity index (χ2v) is 6.16. The summed E-state index contributed by atoms with van der Waals surface area (Å²) in [5, 5.41) is 3.64. The second-order valence-electron chi connectivity index (χ2n) is 6.16. The van der Waals surface area contributed by atoms with Crippen molar-refractivity contribution in [3.8, 4) is 0 Å². The molecule has 2 aliphatic rings. The van der Waals surface area contributed by atoms with Gasteiger partial charge in [0.15, 0.2) is 0 Å². The minimum Gasteiger partial charge on any atom is -0.377 e. The van der Waals surface area contributed by atoms with Gasteiger partial charge in [0.1, 0.15) is 0 Å². The van der Waals surface area contributed by atoms with Crippen LogP contribution in [0.15, 0.2) is 0 Å². The Labute approximate surface area is 112 Å². The first-order valence-corrected chi connectivity index (χ1v) is 7.69. The summed E-state index contributed by atoms with van der Waals surface area (Å²) < 4.78 is 11.7. The van der Waals surface area contributed by atoms with Gasteiger partial charge in [-0.05, 0) is 39.5 Å². The third-order valence-corrected chi connectivity index (χ3v) is 4.24. The van der Waals surface area contributed by atoms with Gasteiger partial charge in [0.05, 0.1) is 18.3 Å². The van der Waals surface area contributed by atoms with Crippen LogP contribution in [-0.4, -0.2) is 37.5 Å². The van der Waals surface area contributed by atoms with Gasteiger partial charge in [-0.3, -0.25) is 0 Å². The fraction of sp³-hybridized carbons (Fsp3) is 1.00. The number of hydrogen-bond acceptors (Lipinski definition) is 3. The number of nitrogens with one attached hydrogen (secondary N) is 1. The van der Waals surface area contributed by atoms with Gasteiger partial charge in [0.25, 0.3) is 0 Å². The molecule has 0 bridgehead atoms. The zero-order chi connectivity index (χ0) is 12.8. The molecule has 1 saturated heterocycles. The van der Waals surface area contributed by atoms with Gasteiger partial charge in [-0.1, -0.05) is 19.3 Å². The molecule has 1 aliphatic heterocycles. The molecule has 0 amide bonds. The number of ether oxygens (including phenoxy) is 2. The number of hydrogen-bond donors (Lipinski definition) is 1. The molecule has 1 aliphatic carbocycles. The SMILES string of the molecule is CC(C)OCCNC1CCOC2(CCCCC2)C1. The van der Waals surface area contributed by atoms with Crippen molar-refractivity contribution in [1.29, 1.82) is 0 Å². The van der Waals surface area contributed by atoms with E-state index in [0.29, 0.717) is 12.1 Å². The molecule has 1 N–H and O–H groups in total. The summed E-state index contributed by atoms with van der Waals surface area (Å²) in [5.74, 6) is 0. The molecule has 1 heterocycles. The van der Waals surface area contributed by atoms with Crippen LogP contribution in [0.5, 0.6) is 0 Å². The Kier molecular flexibility index (Phi) is 5.46. The number of rotatable bonds is 5. The van der Waals surface area contributed by atoms with Crippen LogP contribution in [0.1, 0.15) is 58.8 Å². The summed E-state index contributed by atoms with van der Waals surface area (Å²) in [4.78, 5) is 0. The first-order valence-electron chi connectivity index (χ1n) is 7.69. The van der Waals surface area contributed by atoms with Crippen molar-refractivity contribution in [2.45, 2.75) is 76.5 Å². The van der Waals surface area contributed by atoms with Crippen LogP contribution in [-0.2, 0) is 9.47 Å². The van der Waals surface area contributed by atoms with E-state index in [4.69, 9.17) is 9.47 Å². The van der Waals surface area contributed by atoms with Crippen molar-refractivity contribution >= 4 is 0 Å². The Morgan fingerprint density at radius 2 is 2.06 bits per heavy atom. The monoisotopic (exact) mass is 255 g/mol. The summed E-state index contributed by atoms with van der Waals surface area (Å²) in [6.45, 7) is 6.90. The molecule has 3 heteroatoms. The van der Waals surface area contributed by atoms with Crippen LogP contribution in [0.2, 0.25) is 0 Å². The highest BCUT2D eigenvalue weighted by molar-refractivity contribution is 4.91. The molecule has 1 spiro atoms. The predicted molar refractivity (Wildman–Crippen MR) is 73.9 cm³/mol. The molecule has 18 heavy (non-hydrogen) atoms. The Bertz CT molecular complexity index is 231. The first kappa shape index (κ1) is 14.3. The average molecular weight is 255 g/mol. The van der Waals surface area contributed by atoms with E-state index in [2.05, 4.69) is 19.2 Å². The van der Waals surface area contributed by atoms with Gasteiger partial charge >= 0.3 is 0 Å². The van der Waals surface area contributed by atoms with Crippen LogP contribution in [0.4, 0.5) is 0 Å². The molecule has 0 aromatic heterocycles.